The summed E-state index contributed by atoms with van der Waals surface area (Å²) in [5.41, 5.74) is 4.50. The van der Waals surface area contributed by atoms with Crippen molar-refractivity contribution in [1.29, 1.82) is 0 Å². The molecule has 0 aliphatic heterocycles. The standard InChI is InChI=1S/C15H13NO4/c1-7-6-12(17)20-15-10(7)4-5-11-13(15)8(2)14(19-11)9(3)16-18/h4-6,16,18H,3H2,1-2H3. The third-order valence-corrected chi connectivity index (χ3v) is 3.42. The lowest BCUT2D eigenvalue weighted by molar-refractivity contribution is 0.222. The summed E-state index contributed by atoms with van der Waals surface area (Å²) < 4.78 is 11.0. The Bertz CT molecular complexity index is 902. The first-order valence-corrected chi connectivity index (χ1v) is 6.09. The fraction of sp³-hybridized carbons (Fsp3) is 0.133. The van der Waals surface area contributed by atoms with Gasteiger partial charge in [0.2, 0.25) is 0 Å². The van der Waals surface area contributed by atoms with Gasteiger partial charge in [-0.25, -0.2) is 4.79 Å². The molecule has 2 aromatic heterocycles. The summed E-state index contributed by atoms with van der Waals surface area (Å²) in [6, 6.07) is 5.11. The maximum absolute atomic E-state index is 11.6. The first-order chi connectivity index (χ1) is 9.52. The molecule has 0 aliphatic carbocycles. The molecule has 102 valence electrons. The van der Waals surface area contributed by atoms with Crippen LogP contribution in [0.5, 0.6) is 0 Å². The zero-order valence-corrected chi connectivity index (χ0v) is 11.1. The van der Waals surface area contributed by atoms with Gasteiger partial charge in [0.1, 0.15) is 11.2 Å². The van der Waals surface area contributed by atoms with E-state index in [1.165, 1.54) is 6.07 Å². The van der Waals surface area contributed by atoms with E-state index in [1.807, 2.05) is 31.5 Å². The van der Waals surface area contributed by atoms with Gasteiger partial charge in [-0.1, -0.05) is 6.58 Å². The van der Waals surface area contributed by atoms with E-state index in [2.05, 4.69) is 6.58 Å². The van der Waals surface area contributed by atoms with Crippen LogP contribution >= 0.6 is 0 Å². The Morgan fingerprint density at radius 2 is 2.05 bits per heavy atom. The number of hydroxylamine groups is 1. The van der Waals surface area contributed by atoms with E-state index in [0.29, 0.717) is 16.9 Å². The minimum Gasteiger partial charge on any atom is -0.454 e. The van der Waals surface area contributed by atoms with E-state index in [0.717, 1.165) is 21.9 Å². The minimum absolute atomic E-state index is 0.252. The maximum atomic E-state index is 11.6. The molecule has 0 saturated heterocycles. The fourth-order valence-corrected chi connectivity index (χ4v) is 2.44. The summed E-state index contributed by atoms with van der Waals surface area (Å²) in [5, 5.41) is 10.5. The summed E-state index contributed by atoms with van der Waals surface area (Å²) in [7, 11) is 0. The smallest absolute Gasteiger partial charge is 0.336 e. The van der Waals surface area contributed by atoms with Gasteiger partial charge in [-0.15, -0.1) is 0 Å². The van der Waals surface area contributed by atoms with E-state index in [1.54, 1.807) is 0 Å². The van der Waals surface area contributed by atoms with Gasteiger partial charge in [-0.3, -0.25) is 10.7 Å². The van der Waals surface area contributed by atoms with Gasteiger partial charge in [0.05, 0.1) is 11.1 Å². The zero-order chi connectivity index (χ0) is 14.4. The molecule has 0 saturated carbocycles. The quantitative estimate of drug-likeness (QED) is 0.553. The second kappa shape index (κ2) is 4.25. The molecule has 1 aromatic carbocycles. The van der Waals surface area contributed by atoms with Crippen molar-refractivity contribution >= 4 is 27.6 Å². The van der Waals surface area contributed by atoms with Gasteiger partial charge in [0.15, 0.2) is 5.76 Å². The van der Waals surface area contributed by atoms with E-state index >= 15 is 0 Å². The predicted octanol–water partition coefficient (Wildman–Crippen LogP) is 3.11. The Labute approximate surface area is 114 Å². The molecule has 5 heteroatoms. The van der Waals surface area contributed by atoms with Gasteiger partial charge < -0.3 is 8.83 Å². The van der Waals surface area contributed by atoms with Crippen molar-refractivity contribution in [2.45, 2.75) is 13.8 Å². The van der Waals surface area contributed by atoms with Crippen molar-refractivity contribution in [2.24, 2.45) is 0 Å². The SMILES string of the molecule is C=C(NO)c1oc2ccc3c(C)cc(=O)oc3c2c1C. The first-order valence-electron chi connectivity index (χ1n) is 6.09. The molecule has 3 rings (SSSR count). The van der Waals surface area contributed by atoms with Gasteiger partial charge in [0, 0.05) is 17.0 Å². The molecule has 0 unspecified atom stereocenters. The molecule has 2 N–H and O–H groups in total. The topological polar surface area (TPSA) is 75.6 Å². The van der Waals surface area contributed by atoms with Crippen molar-refractivity contribution in [2.75, 3.05) is 0 Å². The van der Waals surface area contributed by atoms with Crippen molar-refractivity contribution in [3.05, 3.63) is 52.1 Å². The number of benzene rings is 1. The number of rotatable bonds is 2. The van der Waals surface area contributed by atoms with Gasteiger partial charge in [0.25, 0.3) is 0 Å². The Kier molecular flexibility index (Phi) is 2.65. The summed E-state index contributed by atoms with van der Waals surface area (Å²) >= 11 is 0. The number of hydrogen-bond acceptors (Lipinski definition) is 5. The zero-order valence-electron chi connectivity index (χ0n) is 11.1. The van der Waals surface area contributed by atoms with Crippen LogP contribution in [-0.2, 0) is 0 Å². The first kappa shape index (κ1) is 12.5. The molecule has 0 fully saturated rings. The molecule has 0 aliphatic rings. The molecule has 0 radical (unpaired) electrons. The maximum Gasteiger partial charge on any atom is 0.336 e. The third kappa shape index (κ3) is 1.64. The van der Waals surface area contributed by atoms with Gasteiger partial charge in [-0.05, 0) is 31.5 Å². The summed E-state index contributed by atoms with van der Waals surface area (Å²) in [6.07, 6.45) is 0. The van der Waals surface area contributed by atoms with Crippen LogP contribution in [0.3, 0.4) is 0 Å². The lowest BCUT2D eigenvalue weighted by Crippen LogP contribution is -2.03. The molecular formula is C15H13NO4. The van der Waals surface area contributed by atoms with Crippen LogP contribution in [0.2, 0.25) is 0 Å². The Balaban J connectivity index is 2.51. The van der Waals surface area contributed by atoms with Crippen LogP contribution in [0.4, 0.5) is 0 Å². The number of nitrogens with one attached hydrogen (secondary N) is 1. The predicted molar refractivity (Wildman–Crippen MR) is 75.7 cm³/mol. The van der Waals surface area contributed by atoms with Crippen molar-refractivity contribution < 1.29 is 14.0 Å². The Morgan fingerprint density at radius 3 is 2.75 bits per heavy atom. The molecule has 0 spiro atoms. The van der Waals surface area contributed by atoms with Crippen LogP contribution < -0.4 is 11.1 Å². The second-order valence-corrected chi connectivity index (χ2v) is 4.71. The summed E-state index contributed by atoms with van der Waals surface area (Å²) in [5.74, 6) is 0.430. The molecular weight excluding hydrogens is 258 g/mol. The monoisotopic (exact) mass is 271 g/mol. The highest BCUT2D eigenvalue weighted by atomic mass is 16.5. The number of aryl methyl sites for hydroxylation is 2. The van der Waals surface area contributed by atoms with Gasteiger partial charge in [-0.2, -0.15) is 0 Å². The Morgan fingerprint density at radius 1 is 1.30 bits per heavy atom. The highest BCUT2D eigenvalue weighted by Gasteiger charge is 2.17. The molecule has 5 nitrogen and oxygen atoms in total. The average Bonchev–Trinajstić information content (AvgIpc) is 2.75. The molecule has 3 aromatic rings. The Hall–Kier alpha value is -2.53. The number of hydrogen-bond donors (Lipinski definition) is 2. The van der Waals surface area contributed by atoms with E-state index in [9.17, 15) is 4.79 Å². The minimum atomic E-state index is -0.399. The lowest BCUT2D eigenvalue weighted by atomic mass is 10.1. The highest BCUT2D eigenvalue weighted by molar-refractivity contribution is 6.06. The highest BCUT2D eigenvalue weighted by Crippen LogP contribution is 2.34. The summed E-state index contributed by atoms with van der Waals surface area (Å²) in [4.78, 5) is 11.6. The normalized spacial score (nSPS) is 11.2. The fourth-order valence-electron chi connectivity index (χ4n) is 2.44. The molecule has 0 atom stereocenters. The molecule has 0 bridgehead atoms. The van der Waals surface area contributed by atoms with Crippen LogP contribution in [0.15, 0.2) is 38.4 Å². The molecule has 0 amide bonds. The van der Waals surface area contributed by atoms with Gasteiger partial charge >= 0.3 is 5.63 Å². The molecule has 2 heterocycles. The van der Waals surface area contributed by atoms with Crippen LogP contribution in [-0.4, -0.2) is 5.21 Å². The number of furan rings is 1. The molecule has 20 heavy (non-hydrogen) atoms. The average molecular weight is 271 g/mol. The van der Waals surface area contributed by atoms with Crippen molar-refractivity contribution in [3.8, 4) is 0 Å². The second-order valence-electron chi connectivity index (χ2n) is 4.71. The van der Waals surface area contributed by atoms with Crippen LogP contribution in [0, 0.1) is 13.8 Å². The third-order valence-electron chi connectivity index (χ3n) is 3.42. The van der Waals surface area contributed by atoms with Crippen LogP contribution in [0.1, 0.15) is 16.9 Å². The largest absolute Gasteiger partial charge is 0.454 e. The van der Waals surface area contributed by atoms with Crippen molar-refractivity contribution in [3.63, 3.8) is 0 Å². The van der Waals surface area contributed by atoms with Crippen LogP contribution in [0.25, 0.3) is 27.6 Å². The summed E-state index contributed by atoms with van der Waals surface area (Å²) in [6.45, 7) is 7.35. The van der Waals surface area contributed by atoms with Crippen molar-refractivity contribution in [1.82, 2.24) is 5.48 Å². The van der Waals surface area contributed by atoms with E-state index in [-0.39, 0.29) is 5.70 Å². The van der Waals surface area contributed by atoms with E-state index < -0.39 is 5.63 Å². The lowest BCUT2D eigenvalue weighted by Gasteiger charge is -2.01. The van der Waals surface area contributed by atoms with E-state index in [4.69, 9.17) is 14.0 Å². The number of fused-ring (bicyclic) bond motifs is 3.